The van der Waals surface area contributed by atoms with Crippen LogP contribution in [0.25, 0.3) is 0 Å². The Morgan fingerprint density at radius 3 is 2.73 bits per heavy atom. The van der Waals surface area contributed by atoms with Gasteiger partial charge in [0.05, 0.1) is 17.5 Å². The highest BCUT2D eigenvalue weighted by Crippen LogP contribution is 2.30. The molecule has 164 valence electrons. The van der Waals surface area contributed by atoms with Gasteiger partial charge in [0.2, 0.25) is 0 Å². The number of methoxy groups -OCH3 is 1. The normalized spacial score (nSPS) is 24.5. The fourth-order valence-electron chi connectivity index (χ4n) is 5.22. The molecular weight excluding hydrogens is 378 g/mol. The van der Waals surface area contributed by atoms with Gasteiger partial charge >= 0.3 is 0 Å². The van der Waals surface area contributed by atoms with Gasteiger partial charge in [0.1, 0.15) is 5.82 Å². The third-order valence-electron chi connectivity index (χ3n) is 6.79. The second-order valence-electron chi connectivity index (χ2n) is 9.01. The number of hydrogen-bond donors (Lipinski definition) is 3. The summed E-state index contributed by atoms with van der Waals surface area (Å²) in [5.74, 6) is 0.653. The van der Waals surface area contributed by atoms with Crippen LogP contribution in [-0.4, -0.2) is 55.1 Å². The van der Waals surface area contributed by atoms with Crippen LogP contribution in [0.4, 0.5) is 5.82 Å². The molecule has 3 aliphatic rings. The number of carbonyl (C=O) groups is 1. The molecule has 2 heterocycles. The smallest absolute Gasteiger partial charge is 0.260 e. The van der Waals surface area contributed by atoms with Crippen LogP contribution in [0.1, 0.15) is 73.5 Å². The zero-order chi connectivity index (χ0) is 21.1. The summed E-state index contributed by atoms with van der Waals surface area (Å²) in [6.45, 7) is 3.15. The maximum Gasteiger partial charge on any atom is 0.260 e. The molecule has 1 amide bonds. The van der Waals surface area contributed by atoms with Crippen LogP contribution in [0.3, 0.4) is 0 Å². The van der Waals surface area contributed by atoms with Crippen LogP contribution in [0.15, 0.2) is 6.07 Å². The molecule has 7 nitrogen and oxygen atoms in total. The number of carbonyl (C=O) groups excluding carboxylic acids is 1. The van der Waals surface area contributed by atoms with E-state index in [2.05, 4.69) is 15.5 Å². The quantitative estimate of drug-likeness (QED) is 0.510. The van der Waals surface area contributed by atoms with Crippen molar-refractivity contribution in [2.45, 2.75) is 82.9 Å². The van der Waals surface area contributed by atoms with Crippen molar-refractivity contribution < 1.29 is 9.53 Å². The van der Waals surface area contributed by atoms with Crippen LogP contribution in [0.2, 0.25) is 0 Å². The fraction of sp³-hybridized carbons (Fsp3) is 0.696. The van der Waals surface area contributed by atoms with Crippen LogP contribution in [0.5, 0.6) is 0 Å². The summed E-state index contributed by atoms with van der Waals surface area (Å²) in [7, 11) is 1.78. The van der Waals surface area contributed by atoms with Gasteiger partial charge in [0, 0.05) is 38.0 Å². The third-order valence-corrected chi connectivity index (χ3v) is 6.79. The summed E-state index contributed by atoms with van der Waals surface area (Å²) < 4.78 is 5.89. The van der Waals surface area contributed by atoms with E-state index in [1.807, 2.05) is 6.07 Å². The first-order valence-corrected chi connectivity index (χ1v) is 11.5. The Kier molecular flexibility index (Phi) is 6.68. The second kappa shape index (κ2) is 9.43. The molecule has 1 saturated heterocycles. The molecule has 1 aliphatic heterocycles. The van der Waals surface area contributed by atoms with Crippen molar-refractivity contribution in [3.8, 4) is 0 Å². The predicted octanol–water partition coefficient (Wildman–Crippen LogP) is 2.81. The van der Waals surface area contributed by atoms with Crippen molar-refractivity contribution in [2.24, 2.45) is 0 Å². The van der Waals surface area contributed by atoms with Crippen LogP contribution in [-0.2, 0) is 17.6 Å². The van der Waals surface area contributed by atoms with E-state index in [4.69, 9.17) is 15.1 Å². The van der Waals surface area contributed by atoms with E-state index in [-0.39, 0.29) is 17.8 Å². The van der Waals surface area contributed by atoms with Crippen molar-refractivity contribution in [2.75, 3.05) is 25.1 Å². The number of piperidine rings is 1. The second-order valence-corrected chi connectivity index (χ2v) is 9.01. The van der Waals surface area contributed by atoms with E-state index in [1.54, 1.807) is 14.0 Å². The van der Waals surface area contributed by atoms with Gasteiger partial charge in [-0.2, -0.15) is 0 Å². The Morgan fingerprint density at radius 2 is 2.00 bits per heavy atom. The largest absolute Gasteiger partial charge is 0.378 e. The summed E-state index contributed by atoms with van der Waals surface area (Å²) in [5, 5.41) is 14.2. The third kappa shape index (κ3) is 4.67. The number of nitrogens with one attached hydrogen (secondary N) is 3. The van der Waals surface area contributed by atoms with Crippen molar-refractivity contribution in [1.82, 2.24) is 15.6 Å². The van der Waals surface area contributed by atoms with Gasteiger partial charge in [-0.15, -0.1) is 0 Å². The molecule has 2 unspecified atom stereocenters. The highest BCUT2D eigenvalue weighted by molar-refractivity contribution is 6.07. The summed E-state index contributed by atoms with van der Waals surface area (Å²) >= 11 is 0. The standard InChI is InChI=1S/C23H35N5O2/c1-15(24)25-23(29)18-13-16-7-6-10-19(16)27-22(18)28-12-11-20(21(14-28)30-2)26-17-8-4-3-5-9-17/h13,17,20-21,26H,3-12,14H2,1-2H3,(H2,24,25,29). The zero-order valence-corrected chi connectivity index (χ0v) is 18.3. The first-order chi connectivity index (χ1) is 14.5. The Bertz CT molecular complexity index is 790. The first-order valence-electron chi connectivity index (χ1n) is 11.5. The van der Waals surface area contributed by atoms with Crippen LogP contribution >= 0.6 is 0 Å². The molecule has 1 aromatic rings. The Morgan fingerprint density at radius 1 is 1.20 bits per heavy atom. The van der Waals surface area contributed by atoms with Crippen molar-refractivity contribution in [3.05, 3.63) is 22.9 Å². The molecule has 0 spiro atoms. The number of amidine groups is 1. The number of pyridine rings is 1. The molecule has 2 aliphatic carbocycles. The van der Waals surface area contributed by atoms with E-state index in [0.29, 0.717) is 17.6 Å². The summed E-state index contributed by atoms with van der Waals surface area (Å²) in [6, 6.07) is 2.93. The number of fused-ring (bicyclic) bond motifs is 1. The summed E-state index contributed by atoms with van der Waals surface area (Å²) in [4.78, 5) is 20.0. The summed E-state index contributed by atoms with van der Waals surface area (Å²) in [6.07, 6.45) is 10.6. The molecule has 4 rings (SSSR count). The van der Waals surface area contributed by atoms with Gasteiger partial charge in [0.25, 0.3) is 5.91 Å². The number of rotatable bonds is 5. The minimum absolute atomic E-state index is 0.0658. The van der Waals surface area contributed by atoms with E-state index in [9.17, 15) is 4.79 Å². The van der Waals surface area contributed by atoms with E-state index in [1.165, 1.54) is 37.7 Å². The van der Waals surface area contributed by atoms with E-state index >= 15 is 0 Å². The molecule has 3 N–H and O–H groups in total. The number of amides is 1. The van der Waals surface area contributed by atoms with Crippen LogP contribution < -0.4 is 15.5 Å². The van der Waals surface area contributed by atoms with Crippen LogP contribution in [0, 0.1) is 5.41 Å². The van der Waals surface area contributed by atoms with Gasteiger partial charge in [-0.1, -0.05) is 19.3 Å². The Labute approximate surface area is 179 Å². The molecule has 2 atom stereocenters. The van der Waals surface area contributed by atoms with Crippen molar-refractivity contribution >= 4 is 17.6 Å². The maximum absolute atomic E-state index is 12.8. The average Bonchev–Trinajstić information content (AvgIpc) is 3.21. The average molecular weight is 414 g/mol. The SMILES string of the molecule is COC1CN(c2nc3c(cc2C(=O)NC(C)=N)CCC3)CCC1NC1CCCCC1. The maximum atomic E-state index is 12.8. The highest BCUT2D eigenvalue weighted by atomic mass is 16.5. The predicted molar refractivity (Wildman–Crippen MR) is 119 cm³/mol. The number of anilines is 1. The molecule has 0 radical (unpaired) electrons. The Hall–Kier alpha value is -1.99. The van der Waals surface area contributed by atoms with Gasteiger partial charge in [-0.05, 0) is 57.1 Å². The Balaban J connectivity index is 1.53. The number of ether oxygens (including phenoxy) is 1. The minimum atomic E-state index is -0.240. The fourth-order valence-corrected chi connectivity index (χ4v) is 5.22. The number of hydrogen-bond acceptors (Lipinski definition) is 6. The molecular formula is C23H35N5O2. The lowest BCUT2D eigenvalue weighted by molar-refractivity contribution is 0.0533. The lowest BCUT2D eigenvalue weighted by Crippen LogP contribution is -2.56. The summed E-state index contributed by atoms with van der Waals surface area (Å²) in [5.41, 5.74) is 2.86. The molecule has 1 aromatic heterocycles. The van der Waals surface area contributed by atoms with E-state index < -0.39 is 0 Å². The molecule has 0 bridgehead atoms. The van der Waals surface area contributed by atoms with Gasteiger partial charge in [-0.3, -0.25) is 10.2 Å². The minimum Gasteiger partial charge on any atom is -0.378 e. The van der Waals surface area contributed by atoms with Gasteiger partial charge in [0.15, 0.2) is 0 Å². The molecule has 7 heteroatoms. The lowest BCUT2D eigenvalue weighted by Gasteiger charge is -2.41. The van der Waals surface area contributed by atoms with Crippen molar-refractivity contribution in [1.29, 1.82) is 5.41 Å². The van der Waals surface area contributed by atoms with Gasteiger partial charge in [-0.25, -0.2) is 4.98 Å². The molecule has 2 fully saturated rings. The number of nitrogens with zero attached hydrogens (tertiary/aromatic N) is 2. The van der Waals surface area contributed by atoms with Crippen molar-refractivity contribution in [3.63, 3.8) is 0 Å². The first kappa shape index (κ1) is 21.2. The molecule has 0 aromatic carbocycles. The highest BCUT2D eigenvalue weighted by Gasteiger charge is 2.34. The zero-order valence-electron chi connectivity index (χ0n) is 18.3. The van der Waals surface area contributed by atoms with Gasteiger partial charge < -0.3 is 20.3 Å². The molecule has 30 heavy (non-hydrogen) atoms. The molecule has 1 saturated carbocycles. The van der Waals surface area contributed by atoms with E-state index in [0.717, 1.165) is 50.3 Å². The monoisotopic (exact) mass is 413 g/mol. The number of aromatic nitrogens is 1. The lowest BCUT2D eigenvalue weighted by atomic mass is 9.92. The topological polar surface area (TPSA) is 90.3 Å². The number of aryl methyl sites for hydroxylation is 2.